The third-order valence-electron chi connectivity index (χ3n) is 4.79. The Bertz CT molecular complexity index is 748. The Hall–Kier alpha value is -0.870. The van der Waals surface area contributed by atoms with Gasteiger partial charge in [0.1, 0.15) is 0 Å². The summed E-state index contributed by atoms with van der Waals surface area (Å²) in [7, 11) is -1.00. The van der Waals surface area contributed by atoms with Gasteiger partial charge < -0.3 is 10.6 Å². The number of guanidine groups is 1. The van der Waals surface area contributed by atoms with Crippen LogP contribution in [0.1, 0.15) is 37.8 Å². The molecule has 0 spiro atoms. The van der Waals surface area contributed by atoms with Crippen LogP contribution in [0.2, 0.25) is 0 Å². The van der Waals surface area contributed by atoms with Crippen LogP contribution in [0.3, 0.4) is 0 Å². The molecule has 154 valence electrons. The van der Waals surface area contributed by atoms with Crippen LogP contribution in [-0.4, -0.2) is 57.8 Å². The van der Waals surface area contributed by atoms with Gasteiger partial charge >= 0.3 is 0 Å². The second-order valence-corrected chi connectivity index (χ2v) is 9.18. The standard InChI is InChI=1S/C19H32N4O2S.HI/c1-6-20-19(21-12-15(3)23(4)17-8-9-17)22-13-16-7-10-18(14(2)11-16)26(5,24)25;/h7,10-11,15,17H,6,8-9,12-13H2,1-5H3,(H2,20,21,22);1H. The topological polar surface area (TPSA) is 73.8 Å². The summed E-state index contributed by atoms with van der Waals surface area (Å²) in [6.45, 7) is 8.23. The molecule has 1 aliphatic carbocycles. The van der Waals surface area contributed by atoms with E-state index in [1.165, 1.54) is 19.1 Å². The van der Waals surface area contributed by atoms with Gasteiger partial charge in [-0.1, -0.05) is 12.1 Å². The number of rotatable bonds is 8. The Morgan fingerprint density at radius 3 is 2.52 bits per heavy atom. The molecule has 1 aliphatic rings. The number of benzene rings is 1. The van der Waals surface area contributed by atoms with E-state index in [-0.39, 0.29) is 24.0 Å². The third kappa shape index (κ3) is 7.57. The van der Waals surface area contributed by atoms with E-state index in [1.54, 1.807) is 6.07 Å². The molecular formula is C19H33IN4O2S. The number of hydrogen-bond donors (Lipinski definition) is 2. The molecule has 6 nitrogen and oxygen atoms in total. The molecule has 8 heteroatoms. The third-order valence-corrected chi connectivity index (χ3v) is 6.04. The van der Waals surface area contributed by atoms with Crippen molar-refractivity contribution in [2.24, 2.45) is 4.99 Å². The summed E-state index contributed by atoms with van der Waals surface area (Å²) in [4.78, 5) is 7.44. The van der Waals surface area contributed by atoms with Crippen molar-refractivity contribution >= 4 is 39.8 Å². The first-order valence-corrected chi connectivity index (χ1v) is 11.1. The van der Waals surface area contributed by atoms with Gasteiger partial charge in [-0.15, -0.1) is 24.0 Å². The van der Waals surface area contributed by atoms with Gasteiger partial charge in [-0.25, -0.2) is 13.4 Å². The molecular weight excluding hydrogens is 475 g/mol. The lowest BCUT2D eigenvalue weighted by Gasteiger charge is -2.25. The Morgan fingerprint density at radius 1 is 1.33 bits per heavy atom. The minimum absolute atomic E-state index is 0. The van der Waals surface area contributed by atoms with Crippen molar-refractivity contribution in [3.63, 3.8) is 0 Å². The van der Waals surface area contributed by atoms with Crippen molar-refractivity contribution < 1.29 is 8.42 Å². The van der Waals surface area contributed by atoms with E-state index in [9.17, 15) is 8.42 Å². The fourth-order valence-corrected chi connectivity index (χ4v) is 3.93. The van der Waals surface area contributed by atoms with Crippen LogP contribution < -0.4 is 10.6 Å². The molecule has 1 saturated carbocycles. The number of aryl methyl sites for hydroxylation is 1. The molecule has 0 saturated heterocycles. The Labute approximate surface area is 181 Å². The minimum atomic E-state index is -3.18. The monoisotopic (exact) mass is 508 g/mol. The van der Waals surface area contributed by atoms with Crippen molar-refractivity contribution in [3.05, 3.63) is 29.3 Å². The average Bonchev–Trinajstić information content (AvgIpc) is 3.40. The summed E-state index contributed by atoms with van der Waals surface area (Å²) in [5.74, 6) is 0.786. The number of likely N-dealkylation sites (N-methyl/N-ethyl adjacent to an activating group) is 1. The molecule has 1 atom stereocenters. The summed E-state index contributed by atoms with van der Waals surface area (Å²) < 4.78 is 23.4. The van der Waals surface area contributed by atoms with Crippen LogP contribution in [0.5, 0.6) is 0 Å². The van der Waals surface area contributed by atoms with Crippen LogP contribution in [0, 0.1) is 6.92 Å². The van der Waals surface area contributed by atoms with E-state index in [1.807, 2.05) is 26.0 Å². The molecule has 0 amide bonds. The van der Waals surface area contributed by atoms with E-state index < -0.39 is 9.84 Å². The fourth-order valence-electron chi connectivity index (χ4n) is 2.97. The number of halogens is 1. The van der Waals surface area contributed by atoms with Crippen molar-refractivity contribution in [3.8, 4) is 0 Å². The van der Waals surface area contributed by atoms with Crippen LogP contribution in [0.25, 0.3) is 0 Å². The molecule has 2 N–H and O–H groups in total. The maximum absolute atomic E-state index is 11.7. The number of nitrogens with zero attached hydrogens (tertiary/aromatic N) is 2. The van der Waals surface area contributed by atoms with E-state index in [0.29, 0.717) is 17.5 Å². The zero-order valence-corrected chi connectivity index (χ0v) is 20.1. The SMILES string of the molecule is CCNC(=NCc1ccc(S(C)(=O)=O)c(C)c1)NCC(C)N(C)C1CC1.I. The first-order chi connectivity index (χ1) is 12.2. The predicted octanol–water partition coefficient (Wildman–Crippen LogP) is 2.55. The van der Waals surface area contributed by atoms with Gasteiger partial charge in [0.25, 0.3) is 0 Å². The fraction of sp³-hybridized carbons (Fsp3) is 0.632. The normalized spacial score (nSPS) is 16.0. The summed E-state index contributed by atoms with van der Waals surface area (Å²) in [6.07, 6.45) is 3.84. The first kappa shape index (κ1) is 24.2. The number of aliphatic imine (C=N–C) groups is 1. The highest BCUT2D eigenvalue weighted by Gasteiger charge is 2.28. The van der Waals surface area contributed by atoms with Crippen LogP contribution in [0.15, 0.2) is 28.1 Å². The van der Waals surface area contributed by atoms with E-state index in [2.05, 4.69) is 34.5 Å². The maximum atomic E-state index is 11.7. The van der Waals surface area contributed by atoms with Gasteiger partial charge in [0.05, 0.1) is 11.4 Å². The molecule has 1 aromatic rings. The van der Waals surface area contributed by atoms with E-state index >= 15 is 0 Å². The second kappa shape index (κ2) is 10.6. The summed E-state index contributed by atoms with van der Waals surface area (Å²) in [5.41, 5.74) is 1.76. The van der Waals surface area contributed by atoms with Crippen molar-refractivity contribution in [1.82, 2.24) is 15.5 Å². The maximum Gasteiger partial charge on any atom is 0.191 e. The van der Waals surface area contributed by atoms with Gasteiger partial charge in [-0.3, -0.25) is 4.90 Å². The molecule has 0 radical (unpaired) electrons. The molecule has 0 aromatic heterocycles. The van der Waals surface area contributed by atoms with Crippen molar-refractivity contribution in [2.45, 2.75) is 57.1 Å². The molecule has 1 unspecified atom stereocenters. The Balaban J connectivity index is 0.00000364. The summed E-state index contributed by atoms with van der Waals surface area (Å²) in [6, 6.07) is 6.58. The number of sulfone groups is 1. The molecule has 1 aromatic carbocycles. The van der Waals surface area contributed by atoms with Crippen molar-refractivity contribution in [1.29, 1.82) is 0 Å². The van der Waals surface area contributed by atoms with Gasteiger partial charge in [-0.05, 0) is 57.9 Å². The summed E-state index contributed by atoms with van der Waals surface area (Å²) >= 11 is 0. The second-order valence-electron chi connectivity index (χ2n) is 7.19. The zero-order chi connectivity index (χ0) is 19.3. The quantitative estimate of drug-likeness (QED) is 0.321. The highest BCUT2D eigenvalue weighted by Crippen LogP contribution is 2.26. The van der Waals surface area contributed by atoms with Crippen molar-refractivity contribution in [2.75, 3.05) is 26.4 Å². The lowest BCUT2D eigenvalue weighted by atomic mass is 10.1. The Morgan fingerprint density at radius 2 is 2.00 bits per heavy atom. The van der Waals surface area contributed by atoms with E-state index in [4.69, 9.17) is 0 Å². The predicted molar refractivity (Wildman–Crippen MR) is 123 cm³/mol. The number of nitrogens with one attached hydrogen (secondary N) is 2. The van der Waals surface area contributed by atoms with Gasteiger partial charge in [-0.2, -0.15) is 0 Å². The highest BCUT2D eigenvalue weighted by atomic mass is 127. The zero-order valence-electron chi connectivity index (χ0n) is 16.9. The van der Waals surface area contributed by atoms with Crippen LogP contribution in [0.4, 0.5) is 0 Å². The molecule has 2 rings (SSSR count). The minimum Gasteiger partial charge on any atom is -0.357 e. The highest BCUT2D eigenvalue weighted by molar-refractivity contribution is 14.0. The molecule has 0 bridgehead atoms. The first-order valence-electron chi connectivity index (χ1n) is 9.26. The Kier molecular flexibility index (Phi) is 9.50. The van der Waals surface area contributed by atoms with Crippen LogP contribution >= 0.6 is 24.0 Å². The summed E-state index contributed by atoms with van der Waals surface area (Å²) in [5, 5.41) is 6.67. The molecule has 27 heavy (non-hydrogen) atoms. The van der Waals surface area contributed by atoms with Gasteiger partial charge in [0.15, 0.2) is 15.8 Å². The average molecular weight is 508 g/mol. The van der Waals surface area contributed by atoms with Crippen LogP contribution in [-0.2, 0) is 16.4 Å². The number of hydrogen-bond acceptors (Lipinski definition) is 4. The molecule has 1 fully saturated rings. The largest absolute Gasteiger partial charge is 0.357 e. The molecule has 0 aliphatic heterocycles. The van der Waals surface area contributed by atoms with Gasteiger partial charge in [0, 0.05) is 31.4 Å². The lowest BCUT2D eigenvalue weighted by Crippen LogP contribution is -2.45. The van der Waals surface area contributed by atoms with E-state index in [0.717, 1.165) is 36.2 Å². The smallest absolute Gasteiger partial charge is 0.191 e. The molecule has 0 heterocycles. The lowest BCUT2D eigenvalue weighted by molar-refractivity contribution is 0.247. The van der Waals surface area contributed by atoms with Gasteiger partial charge in [0.2, 0.25) is 0 Å².